The molecule has 0 saturated heterocycles. The molecule has 2 unspecified atom stereocenters. The Morgan fingerprint density at radius 3 is 1.92 bits per heavy atom. The number of sulfonamides is 2. The molecule has 318 valence electrons. The van der Waals surface area contributed by atoms with Gasteiger partial charge in [0.2, 0.25) is 26.0 Å². The monoisotopic (exact) mass is 882 g/mol. The van der Waals surface area contributed by atoms with Gasteiger partial charge in [-0.05, 0) is 90.9 Å². The predicted molar refractivity (Wildman–Crippen MR) is 238 cm³/mol. The van der Waals surface area contributed by atoms with Gasteiger partial charge in [0.05, 0.1) is 53.6 Å². The number of hydrogen-bond donors (Lipinski definition) is 2. The molecule has 2 aliphatic rings. The normalized spacial score (nSPS) is 16.5. The third-order valence-corrected chi connectivity index (χ3v) is 13.8. The molecule has 0 spiro atoms. The van der Waals surface area contributed by atoms with Crippen LogP contribution in [0.1, 0.15) is 83.2 Å². The molecule has 2 N–H and O–H groups in total. The summed E-state index contributed by atoms with van der Waals surface area (Å²) in [5, 5.41) is 14.2. The first-order valence-electron chi connectivity index (χ1n) is 19.7. The fourth-order valence-electron chi connectivity index (χ4n) is 7.28. The number of nitrogens with one attached hydrogen (secondary N) is 2. The summed E-state index contributed by atoms with van der Waals surface area (Å²) in [4.78, 5) is 27.1. The molecule has 2 aliphatic heterocycles. The summed E-state index contributed by atoms with van der Waals surface area (Å²) >= 11 is 1.35. The van der Waals surface area contributed by atoms with E-state index in [0.29, 0.717) is 64.2 Å². The van der Waals surface area contributed by atoms with E-state index in [0.717, 1.165) is 22.3 Å². The number of nitrogens with zero attached hydrogens (tertiary/aromatic N) is 4. The molecule has 0 bridgehead atoms. The van der Waals surface area contributed by atoms with Gasteiger partial charge in [-0.25, -0.2) is 26.9 Å². The van der Waals surface area contributed by atoms with E-state index in [1.165, 1.54) is 28.3 Å². The maximum absolute atomic E-state index is 13.6. The van der Waals surface area contributed by atoms with Crippen molar-refractivity contribution in [3.05, 3.63) is 141 Å². The molecule has 5 aromatic rings. The lowest BCUT2D eigenvalue weighted by molar-refractivity contribution is -0.130. The molecular weight excluding hydrogens is 837 g/mol. The van der Waals surface area contributed by atoms with Crippen molar-refractivity contribution in [2.24, 2.45) is 10.2 Å². The second-order valence-corrected chi connectivity index (χ2v) is 19.2. The smallest absolute Gasteiger partial charge is 0.284 e. The van der Waals surface area contributed by atoms with E-state index in [2.05, 4.69) is 14.5 Å². The minimum atomic E-state index is -3.81. The number of hydrazone groups is 2. The maximum Gasteiger partial charge on any atom is 0.284 e. The van der Waals surface area contributed by atoms with Gasteiger partial charge in [0, 0.05) is 42.3 Å². The fraction of sp³-hybridized carbons (Fsp3) is 0.273. The first-order chi connectivity index (χ1) is 29.3. The van der Waals surface area contributed by atoms with Crippen molar-refractivity contribution in [1.29, 1.82) is 0 Å². The average molecular weight is 883 g/mol. The second kappa shape index (κ2) is 18.3. The number of thiophene rings is 1. The van der Waals surface area contributed by atoms with Gasteiger partial charge in [-0.1, -0.05) is 54.6 Å². The van der Waals surface area contributed by atoms with Crippen molar-refractivity contribution in [1.82, 2.24) is 10.0 Å². The number of anilines is 2. The summed E-state index contributed by atoms with van der Waals surface area (Å²) in [7, 11) is -5.66. The van der Waals surface area contributed by atoms with Crippen LogP contribution in [-0.2, 0) is 31.3 Å². The first kappa shape index (κ1) is 43.1. The van der Waals surface area contributed by atoms with Crippen LogP contribution in [-0.4, -0.2) is 75.3 Å². The highest BCUT2D eigenvalue weighted by atomic mass is 32.2. The van der Waals surface area contributed by atoms with Crippen molar-refractivity contribution in [2.75, 3.05) is 34.7 Å². The van der Waals surface area contributed by atoms with Gasteiger partial charge in [-0.15, -0.1) is 11.3 Å². The van der Waals surface area contributed by atoms with Crippen LogP contribution in [0.3, 0.4) is 0 Å². The number of hydrogen-bond acceptors (Lipinski definition) is 11. The SMILES string of the molecule is CCOc1ccc(CCS(=O)(=O)Nc2ccc(C3=NN(C(=O)c4cccs4)C(c4ccccc4OC)C3)cc2)cc1C1CC(c2ccc(NS(=O)(=O)CC)cc2)=NN1C(C)=O. The Morgan fingerprint density at radius 1 is 0.738 bits per heavy atom. The predicted octanol–water partition coefficient (Wildman–Crippen LogP) is 7.59. The summed E-state index contributed by atoms with van der Waals surface area (Å²) in [5.74, 6) is 0.446. The largest absolute Gasteiger partial charge is 0.496 e. The highest BCUT2D eigenvalue weighted by molar-refractivity contribution is 7.92. The van der Waals surface area contributed by atoms with E-state index < -0.39 is 32.1 Å². The quantitative estimate of drug-likeness (QED) is 0.102. The van der Waals surface area contributed by atoms with Gasteiger partial charge in [0.25, 0.3) is 5.91 Å². The standard InChI is InChI=1S/C44H46N6O8S3/c1-5-58-42-22-13-30(26-36(42)40-28-37(45-49(40)29(3)51)31-14-18-33(19-15-31)47-60(53,54)6-2)23-25-61(55,56)48-34-20-16-32(17-21-34)38-27-39(35-10-7-8-11-41(35)57-4)50(46-38)44(52)43-12-9-24-59-43/h7-22,24,26,39-40,47-48H,5-6,23,25,27-28H2,1-4H3. The highest BCUT2D eigenvalue weighted by Gasteiger charge is 2.36. The lowest BCUT2D eigenvalue weighted by Gasteiger charge is -2.23. The Balaban J connectivity index is 1.04. The van der Waals surface area contributed by atoms with Gasteiger partial charge in [0.15, 0.2) is 0 Å². The highest BCUT2D eigenvalue weighted by Crippen LogP contribution is 2.40. The van der Waals surface area contributed by atoms with Crippen LogP contribution in [0.2, 0.25) is 0 Å². The van der Waals surface area contributed by atoms with Gasteiger partial charge in [0.1, 0.15) is 11.5 Å². The minimum Gasteiger partial charge on any atom is -0.496 e. The molecule has 0 fully saturated rings. The van der Waals surface area contributed by atoms with Crippen LogP contribution in [0.4, 0.5) is 11.4 Å². The molecule has 61 heavy (non-hydrogen) atoms. The molecule has 7 rings (SSSR count). The zero-order chi connectivity index (χ0) is 43.3. The number of aryl methyl sites for hydroxylation is 1. The number of benzene rings is 4. The maximum atomic E-state index is 13.6. The zero-order valence-electron chi connectivity index (χ0n) is 34.1. The first-order valence-corrected chi connectivity index (χ1v) is 23.9. The lowest BCUT2D eigenvalue weighted by atomic mass is 9.95. The van der Waals surface area contributed by atoms with E-state index in [-0.39, 0.29) is 29.7 Å². The van der Waals surface area contributed by atoms with Gasteiger partial charge in [-0.2, -0.15) is 10.2 Å². The molecule has 2 amide bonds. The number of para-hydroxylation sites is 1. The van der Waals surface area contributed by atoms with Crippen molar-refractivity contribution < 1.29 is 35.9 Å². The topological polar surface area (TPSA) is 176 Å². The van der Waals surface area contributed by atoms with E-state index >= 15 is 0 Å². The van der Waals surface area contributed by atoms with Crippen LogP contribution in [0.5, 0.6) is 11.5 Å². The van der Waals surface area contributed by atoms with Crippen LogP contribution in [0, 0.1) is 0 Å². The lowest BCUT2D eigenvalue weighted by Crippen LogP contribution is -2.26. The summed E-state index contributed by atoms with van der Waals surface area (Å²) in [6.45, 7) is 5.22. The number of carbonyl (C=O) groups excluding carboxylic acids is 2. The van der Waals surface area contributed by atoms with Gasteiger partial charge >= 0.3 is 0 Å². The van der Waals surface area contributed by atoms with Crippen LogP contribution < -0.4 is 18.9 Å². The van der Waals surface area contributed by atoms with E-state index in [1.54, 1.807) is 74.7 Å². The number of rotatable bonds is 16. The molecule has 0 radical (unpaired) electrons. The molecular formula is C44H46N6O8S3. The summed E-state index contributed by atoms with van der Waals surface area (Å²) in [6, 6.07) is 29.4. The van der Waals surface area contributed by atoms with E-state index in [9.17, 15) is 26.4 Å². The average Bonchev–Trinajstić information content (AvgIpc) is 4.05. The van der Waals surface area contributed by atoms with Crippen molar-refractivity contribution in [3.8, 4) is 11.5 Å². The number of ether oxygens (including phenoxy) is 2. The molecule has 3 heterocycles. The summed E-state index contributed by atoms with van der Waals surface area (Å²) in [6.07, 6.45) is 0.969. The Labute approximate surface area is 360 Å². The molecule has 2 atom stereocenters. The van der Waals surface area contributed by atoms with Crippen LogP contribution >= 0.6 is 11.3 Å². The second-order valence-electron chi connectivity index (χ2n) is 14.4. The molecule has 17 heteroatoms. The van der Waals surface area contributed by atoms with Crippen LogP contribution in [0.15, 0.2) is 119 Å². The van der Waals surface area contributed by atoms with Crippen molar-refractivity contribution in [2.45, 2.75) is 52.1 Å². The Kier molecular flexibility index (Phi) is 12.9. The van der Waals surface area contributed by atoms with E-state index in [1.807, 2.05) is 54.8 Å². The molecule has 4 aromatic carbocycles. The molecule has 1 aromatic heterocycles. The van der Waals surface area contributed by atoms with Crippen molar-refractivity contribution in [3.63, 3.8) is 0 Å². The zero-order valence-corrected chi connectivity index (χ0v) is 36.5. The summed E-state index contributed by atoms with van der Waals surface area (Å²) in [5.41, 5.74) is 5.86. The third-order valence-electron chi connectivity index (χ3n) is 10.3. The Bertz CT molecular complexity index is 2690. The molecule has 0 aliphatic carbocycles. The number of amides is 2. The van der Waals surface area contributed by atoms with Crippen molar-refractivity contribution >= 4 is 66.0 Å². The van der Waals surface area contributed by atoms with E-state index in [4.69, 9.17) is 14.6 Å². The molecule has 0 saturated carbocycles. The van der Waals surface area contributed by atoms with Gasteiger partial charge < -0.3 is 9.47 Å². The summed E-state index contributed by atoms with van der Waals surface area (Å²) < 4.78 is 67.8. The minimum absolute atomic E-state index is 0.0550. The number of methoxy groups -OCH3 is 1. The third kappa shape index (κ3) is 9.96. The fourth-order valence-corrected chi connectivity index (χ4v) is 9.68. The van der Waals surface area contributed by atoms with Crippen LogP contribution in [0.25, 0.3) is 0 Å². The number of carbonyl (C=O) groups is 2. The molecule has 14 nitrogen and oxygen atoms in total. The Hall–Kier alpha value is -6.04. The van der Waals surface area contributed by atoms with Gasteiger partial charge in [-0.3, -0.25) is 19.0 Å². The Morgan fingerprint density at radius 2 is 1.34 bits per heavy atom.